The number of nitrogens with one attached hydrogen (secondary N) is 1. The van der Waals surface area contributed by atoms with Crippen molar-refractivity contribution in [2.75, 3.05) is 14.2 Å². The number of rotatable bonds is 6. The van der Waals surface area contributed by atoms with E-state index < -0.39 is 0 Å². The summed E-state index contributed by atoms with van der Waals surface area (Å²) in [4.78, 5) is 12.4. The molecule has 0 saturated carbocycles. The Morgan fingerprint density at radius 2 is 1.93 bits per heavy atom. The fourth-order valence-electron chi connectivity index (χ4n) is 3.07. The molecular weight excluding hydrogens is 342 g/mol. The Morgan fingerprint density at radius 1 is 1.15 bits per heavy atom. The molecule has 3 rings (SSSR count). The molecular formula is C22H23NO4. The zero-order chi connectivity index (χ0) is 19.4. The molecule has 1 atom stereocenters. The number of carbonyl (C=O) groups excluding carboxylic acids is 1. The van der Waals surface area contributed by atoms with Crippen molar-refractivity contribution in [2.24, 2.45) is 0 Å². The molecule has 0 radical (unpaired) electrons. The van der Waals surface area contributed by atoms with E-state index in [1.54, 1.807) is 26.4 Å². The normalized spacial score (nSPS) is 12.3. The van der Waals surface area contributed by atoms with Gasteiger partial charge in [0.05, 0.1) is 20.3 Å². The number of para-hydroxylation sites is 1. The largest absolute Gasteiger partial charge is 0.497 e. The van der Waals surface area contributed by atoms with Crippen LogP contribution in [0.15, 0.2) is 53.0 Å². The highest BCUT2D eigenvalue weighted by atomic mass is 16.5. The standard InChI is InChI=1S/C22H23NO4/c1-14-18-7-5-6-8-20(18)27-22(14)15(2)23-21(24)12-9-16-13-17(25-3)10-11-19(16)26-4/h5-13,15H,1-4H3,(H,23,24)/b12-9+. The summed E-state index contributed by atoms with van der Waals surface area (Å²) < 4.78 is 16.5. The number of amides is 1. The van der Waals surface area contributed by atoms with Crippen molar-refractivity contribution in [3.63, 3.8) is 0 Å². The zero-order valence-electron chi connectivity index (χ0n) is 15.9. The average Bonchev–Trinajstić information content (AvgIpc) is 3.03. The van der Waals surface area contributed by atoms with Gasteiger partial charge in [0.15, 0.2) is 0 Å². The minimum Gasteiger partial charge on any atom is -0.497 e. The summed E-state index contributed by atoms with van der Waals surface area (Å²) in [5.74, 6) is 1.91. The number of methoxy groups -OCH3 is 2. The van der Waals surface area contributed by atoms with E-state index in [2.05, 4.69) is 5.32 Å². The number of benzene rings is 2. The Morgan fingerprint density at radius 3 is 2.63 bits per heavy atom. The fourth-order valence-corrected chi connectivity index (χ4v) is 3.07. The van der Waals surface area contributed by atoms with Crippen LogP contribution in [-0.4, -0.2) is 20.1 Å². The third kappa shape index (κ3) is 3.97. The highest BCUT2D eigenvalue weighted by molar-refractivity contribution is 5.92. The molecule has 140 valence electrons. The van der Waals surface area contributed by atoms with Crippen LogP contribution in [0.2, 0.25) is 0 Å². The van der Waals surface area contributed by atoms with Crippen molar-refractivity contribution < 1.29 is 18.7 Å². The summed E-state index contributed by atoms with van der Waals surface area (Å²) in [7, 11) is 3.19. The smallest absolute Gasteiger partial charge is 0.244 e. The van der Waals surface area contributed by atoms with Gasteiger partial charge in [-0.3, -0.25) is 4.79 Å². The number of carbonyl (C=O) groups is 1. The van der Waals surface area contributed by atoms with E-state index in [9.17, 15) is 4.79 Å². The number of hydrogen-bond acceptors (Lipinski definition) is 4. The van der Waals surface area contributed by atoms with Gasteiger partial charge in [-0.25, -0.2) is 0 Å². The summed E-state index contributed by atoms with van der Waals surface area (Å²) in [5, 5.41) is 4.00. The first-order chi connectivity index (χ1) is 13.0. The van der Waals surface area contributed by atoms with Gasteiger partial charge in [0, 0.05) is 22.6 Å². The first kappa shape index (κ1) is 18.6. The third-order valence-corrected chi connectivity index (χ3v) is 4.48. The molecule has 5 heteroatoms. The maximum atomic E-state index is 12.4. The summed E-state index contributed by atoms with van der Waals surface area (Å²) in [6.45, 7) is 3.91. The van der Waals surface area contributed by atoms with Crippen LogP contribution in [0.1, 0.15) is 29.9 Å². The second-order valence-electron chi connectivity index (χ2n) is 6.26. The minimum atomic E-state index is -0.248. The molecule has 1 aromatic heterocycles. The second kappa shape index (κ2) is 7.99. The predicted molar refractivity (Wildman–Crippen MR) is 106 cm³/mol. The molecule has 27 heavy (non-hydrogen) atoms. The Hall–Kier alpha value is -3.21. The van der Waals surface area contributed by atoms with Gasteiger partial charge in [-0.05, 0) is 44.2 Å². The maximum Gasteiger partial charge on any atom is 0.244 e. The molecule has 0 bridgehead atoms. The van der Waals surface area contributed by atoms with Gasteiger partial charge in [0.1, 0.15) is 22.8 Å². The molecule has 1 unspecified atom stereocenters. The highest BCUT2D eigenvalue weighted by Gasteiger charge is 2.17. The van der Waals surface area contributed by atoms with E-state index in [1.807, 2.05) is 50.2 Å². The molecule has 5 nitrogen and oxygen atoms in total. The van der Waals surface area contributed by atoms with Gasteiger partial charge in [-0.15, -0.1) is 0 Å². The molecule has 0 spiro atoms. The van der Waals surface area contributed by atoms with Crippen LogP contribution >= 0.6 is 0 Å². The van der Waals surface area contributed by atoms with E-state index in [0.29, 0.717) is 11.5 Å². The number of furan rings is 1. The van der Waals surface area contributed by atoms with E-state index in [1.165, 1.54) is 6.08 Å². The van der Waals surface area contributed by atoms with Crippen molar-refractivity contribution in [3.05, 3.63) is 65.4 Å². The molecule has 1 N–H and O–H groups in total. The van der Waals surface area contributed by atoms with Crippen LogP contribution in [0.5, 0.6) is 11.5 Å². The molecule has 1 heterocycles. The molecule has 0 aliphatic rings. The Bertz CT molecular complexity index is 987. The van der Waals surface area contributed by atoms with E-state index >= 15 is 0 Å². The van der Waals surface area contributed by atoms with Crippen molar-refractivity contribution in [2.45, 2.75) is 19.9 Å². The summed E-state index contributed by atoms with van der Waals surface area (Å²) in [6.07, 6.45) is 3.18. The lowest BCUT2D eigenvalue weighted by Gasteiger charge is -2.11. The lowest BCUT2D eigenvalue weighted by Crippen LogP contribution is -2.24. The van der Waals surface area contributed by atoms with E-state index in [-0.39, 0.29) is 11.9 Å². The minimum absolute atomic E-state index is 0.216. The lowest BCUT2D eigenvalue weighted by atomic mass is 10.1. The van der Waals surface area contributed by atoms with Crippen LogP contribution in [0.4, 0.5) is 0 Å². The number of aryl methyl sites for hydroxylation is 1. The van der Waals surface area contributed by atoms with Crippen molar-refractivity contribution in [3.8, 4) is 11.5 Å². The molecule has 0 aliphatic carbocycles. The van der Waals surface area contributed by atoms with Crippen LogP contribution in [0, 0.1) is 6.92 Å². The van der Waals surface area contributed by atoms with Gasteiger partial charge >= 0.3 is 0 Å². The first-order valence-electron chi connectivity index (χ1n) is 8.72. The van der Waals surface area contributed by atoms with Gasteiger partial charge in [-0.1, -0.05) is 18.2 Å². The Kier molecular flexibility index (Phi) is 5.50. The number of ether oxygens (including phenoxy) is 2. The molecule has 3 aromatic rings. The quantitative estimate of drug-likeness (QED) is 0.646. The van der Waals surface area contributed by atoms with E-state index in [4.69, 9.17) is 13.9 Å². The summed E-state index contributed by atoms with van der Waals surface area (Å²) >= 11 is 0. The fraction of sp³-hybridized carbons (Fsp3) is 0.227. The maximum absolute atomic E-state index is 12.4. The van der Waals surface area contributed by atoms with Crippen LogP contribution in [-0.2, 0) is 4.79 Å². The van der Waals surface area contributed by atoms with Crippen molar-refractivity contribution in [1.29, 1.82) is 0 Å². The molecule has 0 fully saturated rings. The lowest BCUT2D eigenvalue weighted by molar-refractivity contribution is -0.117. The van der Waals surface area contributed by atoms with E-state index in [0.717, 1.165) is 27.9 Å². The van der Waals surface area contributed by atoms with Crippen LogP contribution in [0.3, 0.4) is 0 Å². The highest BCUT2D eigenvalue weighted by Crippen LogP contribution is 2.29. The number of hydrogen-bond donors (Lipinski definition) is 1. The second-order valence-corrected chi connectivity index (χ2v) is 6.26. The van der Waals surface area contributed by atoms with Gasteiger partial charge in [0.25, 0.3) is 0 Å². The molecule has 2 aromatic carbocycles. The van der Waals surface area contributed by atoms with Gasteiger partial charge in [0.2, 0.25) is 5.91 Å². The monoisotopic (exact) mass is 365 g/mol. The van der Waals surface area contributed by atoms with Gasteiger partial charge in [-0.2, -0.15) is 0 Å². The SMILES string of the molecule is COc1ccc(OC)c(/C=C/C(=O)NC(C)c2oc3ccccc3c2C)c1. The molecule has 1 amide bonds. The predicted octanol–water partition coefficient (Wildman–Crippen LogP) is 4.65. The van der Waals surface area contributed by atoms with Gasteiger partial charge < -0.3 is 19.2 Å². The van der Waals surface area contributed by atoms with Crippen molar-refractivity contribution >= 4 is 23.0 Å². The Balaban J connectivity index is 1.75. The molecule has 0 saturated heterocycles. The number of fused-ring (bicyclic) bond motifs is 1. The average molecular weight is 365 g/mol. The third-order valence-electron chi connectivity index (χ3n) is 4.48. The van der Waals surface area contributed by atoms with Crippen LogP contribution in [0.25, 0.3) is 17.0 Å². The Labute approximate surface area is 158 Å². The topological polar surface area (TPSA) is 60.7 Å². The molecule has 0 aliphatic heterocycles. The zero-order valence-corrected chi connectivity index (χ0v) is 15.9. The van der Waals surface area contributed by atoms with Crippen molar-refractivity contribution in [1.82, 2.24) is 5.32 Å². The first-order valence-corrected chi connectivity index (χ1v) is 8.72. The summed E-state index contributed by atoms with van der Waals surface area (Å²) in [5.41, 5.74) is 2.62. The summed E-state index contributed by atoms with van der Waals surface area (Å²) in [6, 6.07) is 13.0. The van der Waals surface area contributed by atoms with Crippen LogP contribution < -0.4 is 14.8 Å².